The van der Waals surface area contributed by atoms with Crippen LogP contribution in [0.15, 0.2) is 24.3 Å². The van der Waals surface area contributed by atoms with Crippen molar-refractivity contribution < 1.29 is 19.4 Å². The summed E-state index contributed by atoms with van der Waals surface area (Å²) < 4.78 is 4.79. The largest absolute Gasteiger partial charge is 0.479 e. The second kappa shape index (κ2) is 6.42. The van der Waals surface area contributed by atoms with Gasteiger partial charge in [-0.25, -0.2) is 4.79 Å². The number of carbonyl (C=O) groups is 2. The van der Waals surface area contributed by atoms with Gasteiger partial charge in [-0.15, -0.1) is 0 Å². The maximum absolute atomic E-state index is 12.1. The van der Waals surface area contributed by atoms with Gasteiger partial charge in [0.2, 0.25) is 0 Å². The van der Waals surface area contributed by atoms with Crippen molar-refractivity contribution in [3.63, 3.8) is 0 Å². The summed E-state index contributed by atoms with van der Waals surface area (Å²) in [7, 11) is 1.29. The first-order chi connectivity index (χ1) is 10.7. The first-order valence-electron chi connectivity index (χ1n) is 7.39. The van der Waals surface area contributed by atoms with Crippen LogP contribution >= 0.6 is 0 Å². The molecule has 2 rings (SSSR count). The van der Waals surface area contributed by atoms with Crippen LogP contribution in [0.3, 0.4) is 0 Å². The van der Waals surface area contributed by atoms with Gasteiger partial charge in [-0.05, 0) is 23.1 Å². The van der Waals surface area contributed by atoms with E-state index in [1.165, 1.54) is 12.7 Å². The Kier molecular flexibility index (Phi) is 4.75. The van der Waals surface area contributed by atoms with Crippen molar-refractivity contribution in [1.82, 2.24) is 10.3 Å². The standard InChI is InChI=1S/C17H22N2O4/c1-17(2,3)11-6-5-10-7-13(19-12(10)8-11)15(20)18-9-14(23-4)16(21)22/h5-8,14,19H,9H2,1-4H3,(H,18,20)(H,21,22). The highest BCUT2D eigenvalue weighted by atomic mass is 16.5. The number of carboxylic acids is 1. The number of methoxy groups -OCH3 is 1. The number of rotatable bonds is 5. The maximum Gasteiger partial charge on any atom is 0.334 e. The van der Waals surface area contributed by atoms with Crippen LogP contribution in [0.4, 0.5) is 0 Å². The van der Waals surface area contributed by atoms with Crippen LogP contribution in [0, 0.1) is 0 Å². The van der Waals surface area contributed by atoms with E-state index in [2.05, 4.69) is 31.1 Å². The van der Waals surface area contributed by atoms with E-state index in [4.69, 9.17) is 9.84 Å². The molecule has 0 saturated heterocycles. The molecule has 0 aliphatic rings. The molecular formula is C17H22N2O4. The van der Waals surface area contributed by atoms with E-state index in [0.29, 0.717) is 5.69 Å². The number of aliphatic carboxylic acids is 1. The van der Waals surface area contributed by atoms with Gasteiger partial charge >= 0.3 is 5.97 Å². The lowest BCUT2D eigenvalue weighted by molar-refractivity contribution is -0.148. The van der Waals surface area contributed by atoms with Gasteiger partial charge < -0.3 is 20.1 Å². The van der Waals surface area contributed by atoms with Crippen molar-refractivity contribution in [2.75, 3.05) is 13.7 Å². The van der Waals surface area contributed by atoms with Gasteiger partial charge in [-0.3, -0.25) is 4.79 Å². The highest BCUT2D eigenvalue weighted by Gasteiger charge is 2.19. The van der Waals surface area contributed by atoms with E-state index in [1.807, 2.05) is 18.2 Å². The number of carboxylic acid groups (broad SMARTS) is 1. The van der Waals surface area contributed by atoms with Crippen LogP contribution in [0.2, 0.25) is 0 Å². The fourth-order valence-corrected chi connectivity index (χ4v) is 2.27. The molecule has 0 bridgehead atoms. The number of nitrogens with one attached hydrogen (secondary N) is 2. The monoisotopic (exact) mass is 318 g/mol. The van der Waals surface area contributed by atoms with Crippen LogP contribution in [0.5, 0.6) is 0 Å². The van der Waals surface area contributed by atoms with E-state index in [9.17, 15) is 9.59 Å². The topological polar surface area (TPSA) is 91.4 Å². The number of amides is 1. The smallest absolute Gasteiger partial charge is 0.334 e. The number of carbonyl (C=O) groups excluding carboxylic acids is 1. The molecular weight excluding hydrogens is 296 g/mol. The number of aromatic nitrogens is 1. The molecule has 6 nitrogen and oxygen atoms in total. The lowest BCUT2D eigenvalue weighted by Crippen LogP contribution is -2.37. The molecule has 23 heavy (non-hydrogen) atoms. The van der Waals surface area contributed by atoms with Gasteiger partial charge in [0.25, 0.3) is 5.91 Å². The Morgan fingerprint density at radius 1 is 1.30 bits per heavy atom. The zero-order chi connectivity index (χ0) is 17.2. The van der Waals surface area contributed by atoms with Crippen LogP contribution < -0.4 is 5.32 Å². The van der Waals surface area contributed by atoms with E-state index < -0.39 is 12.1 Å². The summed E-state index contributed by atoms with van der Waals surface area (Å²) in [6.45, 7) is 6.29. The molecule has 0 aliphatic carbocycles. The lowest BCUT2D eigenvalue weighted by atomic mass is 9.87. The molecule has 2 aromatic rings. The summed E-state index contributed by atoms with van der Waals surface area (Å²) in [5, 5.41) is 12.4. The van der Waals surface area contributed by atoms with E-state index >= 15 is 0 Å². The number of benzene rings is 1. The van der Waals surface area contributed by atoms with Crippen molar-refractivity contribution in [3.05, 3.63) is 35.5 Å². The number of aromatic amines is 1. The van der Waals surface area contributed by atoms with Gasteiger partial charge in [-0.2, -0.15) is 0 Å². The fourth-order valence-electron chi connectivity index (χ4n) is 2.27. The average molecular weight is 318 g/mol. The predicted molar refractivity (Wildman–Crippen MR) is 87.8 cm³/mol. The Morgan fingerprint density at radius 3 is 2.57 bits per heavy atom. The molecule has 0 radical (unpaired) electrons. The Labute approximate surface area is 134 Å². The van der Waals surface area contributed by atoms with Gasteiger partial charge in [0.05, 0.1) is 6.54 Å². The minimum atomic E-state index is -1.11. The molecule has 6 heteroatoms. The lowest BCUT2D eigenvalue weighted by Gasteiger charge is -2.18. The minimum absolute atomic E-state index is 0.0227. The molecule has 0 spiro atoms. The second-order valence-electron chi connectivity index (χ2n) is 6.51. The quantitative estimate of drug-likeness (QED) is 0.789. The van der Waals surface area contributed by atoms with Crippen molar-refractivity contribution in [1.29, 1.82) is 0 Å². The van der Waals surface area contributed by atoms with E-state index in [0.717, 1.165) is 10.9 Å². The normalized spacial score (nSPS) is 13.0. The zero-order valence-corrected chi connectivity index (χ0v) is 13.8. The molecule has 0 aliphatic heterocycles. The summed E-state index contributed by atoms with van der Waals surface area (Å²) in [5.74, 6) is -1.47. The van der Waals surface area contributed by atoms with Gasteiger partial charge in [0, 0.05) is 18.0 Å². The zero-order valence-electron chi connectivity index (χ0n) is 13.8. The Bertz CT molecular complexity index is 728. The first-order valence-corrected chi connectivity index (χ1v) is 7.39. The molecule has 124 valence electrons. The number of hydrogen-bond donors (Lipinski definition) is 3. The third kappa shape index (κ3) is 3.90. The Balaban J connectivity index is 2.17. The van der Waals surface area contributed by atoms with Crippen LogP contribution in [-0.4, -0.2) is 41.7 Å². The number of H-pyrrole nitrogens is 1. The first kappa shape index (κ1) is 17.0. The summed E-state index contributed by atoms with van der Waals surface area (Å²) in [6.07, 6.45) is -1.06. The van der Waals surface area contributed by atoms with Gasteiger partial charge in [0.15, 0.2) is 6.10 Å². The third-order valence-corrected chi connectivity index (χ3v) is 3.74. The van der Waals surface area contributed by atoms with Crippen molar-refractivity contribution in [3.8, 4) is 0 Å². The SMILES string of the molecule is COC(CNC(=O)c1cc2ccc(C(C)(C)C)cc2[nH]1)C(=O)O. The number of ether oxygens (including phenoxy) is 1. The van der Waals surface area contributed by atoms with Crippen molar-refractivity contribution in [2.45, 2.75) is 32.3 Å². The van der Waals surface area contributed by atoms with Crippen LogP contribution in [0.25, 0.3) is 10.9 Å². The summed E-state index contributed by atoms with van der Waals surface area (Å²) in [4.78, 5) is 26.1. The molecule has 1 atom stereocenters. The Hall–Kier alpha value is -2.34. The summed E-state index contributed by atoms with van der Waals surface area (Å²) in [6, 6.07) is 7.79. The summed E-state index contributed by atoms with van der Waals surface area (Å²) >= 11 is 0. The molecule has 1 amide bonds. The molecule has 3 N–H and O–H groups in total. The average Bonchev–Trinajstić information content (AvgIpc) is 2.89. The van der Waals surface area contributed by atoms with E-state index in [1.54, 1.807) is 6.07 Å². The highest BCUT2D eigenvalue weighted by molar-refractivity contribution is 5.98. The fraction of sp³-hybridized carbons (Fsp3) is 0.412. The number of hydrogen-bond acceptors (Lipinski definition) is 3. The van der Waals surface area contributed by atoms with E-state index in [-0.39, 0.29) is 17.9 Å². The third-order valence-electron chi connectivity index (χ3n) is 3.74. The predicted octanol–water partition coefficient (Wildman–Crippen LogP) is 2.29. The van der Waals surface area contributed by atoms with Crippen molar-refractivity contribution >= 4 is 22.8 Å². The maximum atomic E-state index is 12.1. The number of fused-ring (bicyclic) bond motifs is 1. The highest BCUT2D eigenvalue weighted by Crippen LogP contribution is 2.26. The molecule has 0 saturated carbocycles. The van der Waals surface area contributed by atoms with Gasteiger partial charge in [-0.1, -0.05) is 32.9 Å². The van der Waals surface area contributed by atoms with Crippen molar-refractivity contribution in [2.24, 2.45) is 0 Å². The Morgan fingerprint density at radius 2 is 2.00 bits per heavy atom. The minimum Gasteiger partial charge on any atom is -0.479 e. The summed E-state index contributed by atoms with van der Waals surface area (Å²) in [5.41, 5.74) is 2.47. The molecule has 1 unspecified atom stereocenters. The van der Waals surface area contributed by atoms with Crippen LogP contribution in [-0.2, 0) is 14.9 Å². The molecule has 1 aromatic carbocycles. The second-order valence-corrected chi connectivity index (χ2v) is 6.51. The molecule has 1 heterocycles. The molecule has 0 fully saturated rings. The molecule has 1 aromatic heterocycles. The van der Waals surface area contributed by atoms with Crippen LogP contribution in [0.1, 0.15) is 36.8 Å². The van der Waals surface area contributed by atoms with Gasteiger partial charge in [0.1, 0.15) is 5.69 Å².